The van der Waals surface area contributed by atoms with Gasteiger partial charge in [-0.05, 0) is 59.0 Å². The zero-order valence-corrected chi connectivity index (χ0v) is 21.1. The third-order valence-electron chi connectivity index (χ3n) is 6.59. The second-order valence-electron chi connectivity index (χ2n) is 9.01. The molecule has 0 amide bonds. The van der Waals surface area contributed by atoms with Crippen LogP contribution in [-0.2, 0) is 6.54 Å². The fourth-order valence-electron chi connectivity index (χ4n) is 4.79. The fraction of sp³-hybridized carbons (Fsp3) is 0.0968. The Hall–Kier alpha value is -5.24. The van der Waals surface area contributed by atoms with Crippen molar-refractivity contribution in [2.75, 3.05) is 6.61 Å². The molecule has 8 nitrogen and oxygen atoms in total. The Kier molecular flexibility index (Phi) is 6.34. The minimum atomic E-state index is -0.606. The predicted molar refractivity (Wildman–Crippen MR) is 149 cm³/mol. The van der Waals surface area contributed by atoms with Crippen LogP contribution in [0.4, 0.5) is 0 Å². The summed E-state index contributed by atoms with van der Waals surface area (Å²) >= 11 is 0. The van der Waals surface area contributed by atoms with Crippen LogP contribution in [0.5, 0.6) is 6.01 Å². The first-order chi connectivity index (χ1) is 19.1. The molecule has 2 heterocycles. The molecule has 1 N–H and O–H groups in total. The van der Waals surface area contributed by atoms with Crippen molar-refractivity contribution in [3.8, 4) is 39.7 Å². The van der Waals surface area contributed by atoms with Gasteiger partial charge >= 0.3 is 5.76 Å². The van der Waals surface area contributed by atoms with E-state index in [0.717, 1.165) is 45.2 Å². The molecule has 0 spiro atoms. The van der Waals surface area contributed by atoms with E-state index >= 15 is 0 Å². The van der Waals surface area contributed by atoms with Crippen LogP contribution in [0.2, 0.25) is 0 Å². The topological polar surface area (TPSA) is 103 Å². The molecule has 0 unspecified atom stereocenters. The van der Waals surface area contributed by atoms with Gasteiger partial charge in [0.15, 0.2) is 12.1 Å². The highest BCUT2D eigenvalue weighted by Gasteiger charge is 2.17. The lowest BCUT2D eigenvalue weighted by molar-refractivity contribution is 0.112. The number of carbonyl (C=O) groups excluding carboxylic acids is 1. The number of aromatic amines is 1. The maximum atomic E-state index is 11.8. The Labute approximate surface area is 223 Å². The first-order valence-corrected chi connectivity index (χ1v) is 12.6. The standard InChI is InChI=1S/C31H24N4O4/c1-2-38-30-32-27-10-6-9-24(19-36)28(27)35(30)18-20-11-13-22(14-12-20)26-17-23(21-7-4-3-5-8-21)15-16-25(26)29-33-31(37)39-34-29/h3-17,19H,2,18H2,1H3,(H,33,34,37). The van der Waals surface area contributed by atoms with E-state index in [1.54, 1.807) is 6.07 Å². The molecule has 6 aromatic rings. The zero-order chi connectivity index (χ0) is 26.8. The molecule has 0 fully saturated rings. The second kappa shape index (κ2) is 10.3. The molecule has 0 bridgehead atoms. The first kappa shape index (κ1) is 24.1. The Morgan fingerprint density at radius 3 is 2.41 bits per heavy atom. The van der Waals surface area contributed by atoms with Gasteiger partial charge in [0.1, 0.15) is 0 Å². The Morgan fingerprint density at radius 2 is 1.69 bits per heavy atom. The molecule has 2 aromatic heterocycles. The SMILES string of the molecule is CCOc1nc2cccc(C=O)c2n1Cc1ccc(-c2cc(-c3ccccc3)ccc2-c2noc(=O)[nH]2)cc1. The average Bonchev–Trinajstić information content (AvgIpc) is 3.57. The van der Waals surface area contributed by atoms with Crippen molar-refractivity contribution in [1.29, 1.82) is 0 Å². The number of H-pyrrole nitrogens is 1. The summed E-state index contributed by atoms with van der Waals surface area (Å²) in [6, 6.07) is 30.2. The van der Waals surface area contributed by atoms with Gasteiger partial charge in [-0.25, -0.2) is 4.79 Å². The Bertz CT molecular complexity index is 1830. The maximum Gasteiger partial charge on any atom is 0.439 e. The lowest BCUT2D eigenvalue weighted by Crippen LogP contribution is -2.06. The third kappa shape index (κ3) is 4.64. The molecule has 4 aromatic carbocycles. The van der Waals surface area contributed by atoms with Crippen molar-refractivity contribution in [2.45, 2.75) is 13.5 Å². The lowest BCUT2D eigenvalue weighted by atomic mass is 9.93. The maximum absolute atomic E-state index is 11.8. The third-order valence-corrected chi connectivity index (χ3v) is 6.59. The molecule has 0 aliphatic carbocycles. The van der Waals surface area contributed by atoms with Crippen LogP contribution < -0.4 is 10.5 Å². The number of fused-ring (bicyclic) bond motifs is 1. The molecule has 0 aliphatic heterocycles. The van der Waals surface area contributed by atoms with Crippen LogP contribution in [0.1, 0.15) is 22.8 Å². The fourth-order valence-corrected chi connectivity index (χ4v) is 4.79. The molecule has 6 rings (SSSR count). The number of carbonyl (C=O) groups is 1. The average molecular weight is 517 g/mol. The number of hydrogen-bond donors (Lipinski definition) is 1. The Morgan fingerprint density at radius 1 is 0.897 bits per heavy atom. The summed E-state index contributed by atoms with van der Waals surface area (Å²) in [5.74, 6) is -0.239. The summed E-state index contributed by atoms with van der Waals surface area (Å²) in [4.78, 5) is 30.7. The number of aromatic nitrogens is 4. The smallest absolute Gasteiger partial charge is 0.439 e. The van der Waals surface area contributed by atoms with E-state index in [1.807, 2.05) is 78.2 Å². The minimum absolute atomic E-state index is 0.367. The van der Waals surface area contributed by atoms with Gasteiger partial charge in [-0.1, -0.05) is 71.9 Å². The van der Waals surface area contributed by atoms with Crippen molar-refractivity contribution < 1.29 is 14.1 Å². The summed E-state index contributed by atoms with van der Waals surface area (Å²) in [5, 5.41) is 3.92. The van der Waals surface area contributed by atoms with Crippen molar-refractivity contribution in [3.63, 3.8) is 0 Å². The van der Waals surface area contributed by atoms with E-state index in [2.05, 4.69) is 33.3 Å². The van der Waals surface area contributed by atoms with Crippen molar-refractivity contribution >= 4 is 17.3 Å². The predicted octanol–water partition coefficient (Wildman–Crippen LogP) is 5.97. The van der Waals surface area contributed by atoms with Gasteiger partial charge in [0.05, 0.1) is 24.2 Å². The molecular formula is C31H24N4O4. The Balaban J connectivity index is 1.41. The molecule has 0 aliphatic rings. The number of nitrogens with one attached hydrogen (secondary N) is 1. The van der Waals surface area contributed by atoms with Gasteiger partial charge < -0.3 is 4.74 Å². The number of aldehydes is 1. The van der Waals surface area contributed by atoms with Gasteiger partial charge in [-0.3, -0.25) is 18.9 Å². The highest BCUT2D eigenvalue weighted by molar-refractivity contribution is 5.95. The van der Waals surface area contributed by atoms with Crippen LogP contribution in [0.25, 0.3) is 44.7 Å². The van der Waals surface area contributed by atoms with Crippen molar-refractivity contribution in [3.05, 3.63) is 113 Å². The highest BCUT2D eigenvalue weighted by Crippen LogP contribution is 2.35. The first-order valence-electron chi connectivity index (χ1n) is 12.6. The number of ether oxygens (including phenoxy) is 1. The molecule has 0 saturated heterocycles. The monoisotopic (exact) mass is 516 g/mol. The van der Waals surface area contributed by atoms with E-state index in [9.17, 15) is 9.59 Å². The van der Waals surface area contributed by atoms with Crippen molar-refractivity contribution in [2.24, 2.45) is 0 Å². The summed E-state index contributed by atoms with van der Waals surface area (Å²) in [6.07, 6.45) is 0.842. The highest BCUT2D eigenvalue weighted by atomic mass is 16.5. The van der Waals surface area contributed by atoms with Crippen LogP contribution >= 0.6 is 0 Å². The normalized spacial score (nSPS) is 11.1. The molecule has 0 atom stereocenters. The van der Waals surface area contributed by atoms with Gasteiger partial charge in [-0.2, -0.15) is 4.98 Å². The van der Waals surface area contributed by atoms with Crippen LogP contribution in [0, 0.1) is 0 Å². The largest absolute Gasteiger partial charge is 0.465 e. The molecule has 0 radical (unpaired) electrons. The number of imidazole rings is 1. The number of para-hydroxylation sites is 1. The van der Waals surface area contributed by atoms with Crippen LogP contribution in [0.3, 0.4) is 0 Å². The molecular weight excluding hydrogens is 492 g/mol. The van der Waals surface area contributed by atoms with Gasteiger partial charge in [0, 0.05) is 11.1 Å². The summed E-state index contributed by atoms with van der Waals surface area (Å²) in [5.41, 5.74) is 7.75. The van der Waals surface area contributed by atoms with Crippen LogP contribution in [-0.4, -0.2) is 32.6 Å². The van der Waals surface area contributed by atoms with Crippen LogP contribution in [0.15, 0.2) is 100 Å². The van der Waals surface area contributed by atoms with E-state index in [-0.39, 0.29) is 0 Å². The van der Waals surface area contributed by atoms with Gasteiger partial charge in [-0.15, -0.1) is 0 Å². The number of hydrogen-bond acceptors (Lipinski definition) is 6. The zero-order valence-electron chi connectivity index (χ0n) is 21.1. The number of nitrogens with zero attached hydrogens (tertiary/aromatic N) is 3. The minimum Gasteiger partial charge on any atom is -0.465 e. The molecule has 192 valence electrons. The van der Waals surface area contributed by atoms with E-state index in [0.29, 0.717) is 36.1 Å². The van der Waals surface area contributed by atoms with Gasteiger partial charge in [0.2, 0.25) is 0 Å². The summed E-state index contributed by atoms with van der Waals surface area (Å²) in [7, 11) is 0. The van der Waals surface area contributed by atoms with E-state index in [4.69, 9.17) is 9.26 Å². The molecule has 0 saturated carbocycles. The molecule has 39 heavy (non-hydrogen) atoms. The van der Waals surface area contributed by atoms with Gasteiger partial charge in [0.25, 0.3) is 6.01 Å². The second-order valence-corrected chi connectivity index (χ2v) is 9.01. The molecule has 8 heteroatoms. The number of rotatable bonds is 8. The number of benzene rings is 4. The lowest BCUT2D eigenvalue weighted by Gasteiger charge is -2.13. The van der Waals surface area contributed by atoms with Crippen molar-refractivity contribution in [1.82, 2.24) is 19.7 Å². The van der Waals surface area contributed by atoms with E-state index < -0.39 is 5.76 Å². The summed E-state index contributed by atoms with van der Waals surface area (Å²) < 4.78 is 12.5. The quantitative estimate of drug-likeness (QED) is 0.250. The summed E-state index contributed by atoms with van der Waals surface area (Å²) in [6.45, 7) is 2.84. The van der Waals surface area contributed by atoms with E-state index in [1.165, 1.54) is 0 Å².